The van der Waals surface area contributed by atoms with Gasteiger partial charge in [-0.05, 0) is 53.1 Å². The van der Waals surface area contributed by atoms with E-state index in [1.807, 2.05) is 12.1 Å². The third kappa shape index (κ3) is 3.82. The molecule has 134 valence electrons. The van der Waals surface area contributed by atoms with Crippen LogP contribution in [0, 0.1) is 0 Å². The van der Waals surface area contributed by atoms with Crippen LogP contribution in [-0.2, 0) is 13.1 Å². The highest BCUT2D eigenvalue weighted by molar-refractivity contribution is 5.95. The van der Waals surface area contributed by atoms with Gasteiger partial charge in [-0.1, -0.05) is 36.4 Å². The molecule has 5 nitrogen and oxygen atoms in total. The normalized spacial score (nSPS) is 13.0. The summed E-state index contributed by atoms with van der Waals surface area (Å²) in [4.78, 5) is 14.3. The molecule has 1 heterocycles. The van der Waals surface area contributed by atoms with E-state index >= 15 is 0 Å². The molecule has 5 heteroatoms. The first-order valence-electron chi connectivity index (χ1n) is 8.73. The highest BCUT2D eigenvalue weighted by Gasteiger charge is 2.18. The van der Waals surface area contributed by atoms with Crippen molar-refractivity contribution < 1.29 is 9.90 Å². The molecule has 1 amide bonds. The van der Waals surface area contributed by atoms with Gasteiger partial charge in [0.1, 0.15) is 5.75 Å². The van der Waals surface area contributed by atoms with Gasteiger partial charge in [0, 0.05) is 24.3 Å². The topological polar surface area (TPSA) is 64.9 Å². The van der Waals surface area contributed by atoms with Gasteiger partial charge in [-0.3, -0.25) is 4.79 Å². The molecule has 0 spiro atoms. The number of rotatable bonds is 4. The number of amides is 1. The van der Waals surface area contributed by atoms with Gasteiger partial charge >= 0.3 is 0 Å². The first-order valence-corrected chi connectivity index (χ1v) is 8.73. The second kappa shape index (κ2) is 7.33. The van der Waals surface area contributed by atoms with Gasteiger partial charge in [-0.25, -0.2) is 5.43 Å². The molecule has 3 aromatic rings. The fourth-order valence-electron chi connectivity index (χ4n) is 3.13. The molecule has 0 saturated carbocycles. The van der Waals surface area contributed by atoms with Crippen molar-refractivity contribution in [2.24, 2.45) is 5.10 Å². The van der Waals surface area contributed by atoms with Crippen LogP contribution in [0.2, 0.25) is 0 Å². The standard InChI is InChI=1S/C22H19N3O2/c26-21-11-7-17(8-12-21)22(27)24-23-13-16-5-9-20(10-6-16)25-14-18-3-1-2-4-19(18)15-25/h1-13,26H,14-15H2,(H,24,27)/b23-13-. The average Bonchev–Trinajstić information content (AvgIpc) is 3.13. The molecule has 0 aromatic heterocycles. The minimum absolute atomic E-state index is 0.122. The Balaban J connectivity index is 1.36. The van der Waals surface area contributed by atoms with E-state index in [9.17, 15) is 9.90 Å². The monoisotopic (exact) mass is 357 g/mol. The fourth-order valence-corrected chi connectivity index (χ4v) is 3.13. The summed E-state index contributed by atoms with van der Waals surface area (Å²) in [7, 11) is 0. The van der Waals surface area contributed by atoms with E-state index in [4.69, 9.17) is 0 Å². The summed E-state index contributed by atoms with van der Waals surface area (Å²) >= 11 is 0. The van der Waals surface area contributed by atoms with Crippen LogP contribution in [0.5, 0.6) is 5.75 Å². The molecule has 27 heavy (non-hydrogen) atoms. The Bertz CT molecular complexity index is 954. The van der Waals surface area contributed by atoms with Gasteiger partial charge in [0.05, 0.1) is 6.21 Å². The van der Waals surface area contributed by atoms with E-state index in [1.165, 1.54) is 23.3 Å². The lowest BCUT2D eigenvalue weighted by Crippen LogP contribution is -2.17. The molecular weight excluding hydrogens is 338 g/mol. The van der Waals surface area contributed by atoms with Crippen molar-refractivity contribution in [3.05, 3.63) is 95.1 Å². The Hall–Kier alpha value is -3.60. The first-order chi connectivity index (χ1) is 13.2. The lowest BCUT2D eigenvalue weighted by molar-refractivity contribution is 0.0955. The molecule has 4 rings (SSSR count). The molecule has 1 aliphatic rings. The number of hydrogen-bond donors (Lipinski definition) is 2. The maximum atomic E-state index is 12.0. The van der Waals surface area contributed by atoms with Crippen LogP contribution in [0.1, 0.15) is 27.0 Å². The fraction of sp³-hybridized carbons (Fsp3) is 0.0909. The number of aromatic hydroxyl groups is 1. The van der Waals surface area contributed by atoms with E-state index in [1.54, 1.807) is 18.3 Å². The molecule has 2 N–H and O–H groups in total. The Kier molecular flexibility index (Phi) is 4.58. The van der Waals surface area contributed by atoms with Crippen molar-refractivity contribution in [3.8, 4) is 5.75 Å². The van der Waals surface area contributed by atoms with E-state index in [2.05, 4.69) is 51.8 Å². The largest absolute Gasteiger partial charge is 0.508 e. The number of anilines is 1. The van der Waals surface area contributed by atoms with Gasteiger partial charge in [-0.15, -0.1) is 0 Å². The molecule has 0 saturated heterocycles. The van der Waals surface area contributed by atoms with Gasteiger partial charge in [-0.2, -0.15) is 5.10 Å². The van der Waals surface area contributed by atoms with Crippen LogP contribution in [0.15, 0.2) is 77.9 Å². The Morgan fingerprint density at radius 1 is 0.926 bits per heavy atom. The van der Waals surface area contributed by atoms with Crippen LogP contribution in [0.4, 0.5) is 5.69 Å². The van der Waals surface area contributed by atoms with Crippen molar-refractivity contribution in [1.29, 1.82) is 0 Å². The van der Waals surface area contributed by atoms with Crippen molar-refractivity contribution >= 4 is 17.8 Å². The second-order valence-electron chi connectivity index (χ2n) is 6.46. The minimum atomic E-state index is -0.322. The summed E-state index contributed by atoms with van der Waals surface area (Å²) in [5, 5.41) is 13.2. The average molecular weight is 357 g/mol. The highest BCUT2D eigenvalue weighted by Crippen LogP contribution is 2.27. The Morgan fingerprint density at radius 2 is 1.56 bits per heavy atom. The molecule has 3 aromatic carbocycles. The minimum Gasteiger partial charge on any atom is -0.508 e. The lowest BCUT2D eigenvalue weighted by Gasteiger charge is -2.17. The van der Waals surface area contributed by atoms with Gasteiger partial charge in [0.2, 0.25) is 0 Å². The third-order valence-electron chi connectivity index (χ3n) is 4.61. The SMILES string of the molecule is O=C(N/N=C\c1ccc(N2Cc3ccccc3C2)cc1)c1ccc(O)cc1. The summed E-state index contributed by atoms with van der Waals surface area (Å²) in [5.41, 5.74) is 7.74. The Morgan fingerprint density at radius 3 is 2.19 bits per heavy atom. The summed E-state index contributed by atoms with van der Waals surface area (Å²) in [6.07, 6.45) is 1.61. The van der Waals surface area contributed by atoms with E-state index < -0.39 is 0 Å². The number of carbonyl (C=O) groups is 1. The zero-order valence-electron chi connectivity index (χ0n) is 14.7. The molecule has 0 bridgehead atoms. The number of nitrogens with one attached hydrogen (secondary N) is 1. The first kappa shape index (κ1) is 16.8. The van der Waals surface area contributed by atoms with Crippen molar-refractivity contribution in [2.75, 3.05) is 4.90 Å². The number of hydrogen-bond acceptors (Lipinski definition) is 4. The molecular formula is C22H19N3O2. The van der Waals surface area contributed by atoms with Crippen LogP contribution >= 0.6 is 0 Å². The van der Waals surface area contributed by atoms with Gasteiger partial charge in [0.25, 0.3) is 5.91 Å². The van der Waals surface area contributed by atoms with Crippen molar-refractivity contribution in [3.63, 3.8) is 0 Å². The number of carbonyl (C=O) groups excluding carboxylic acids is 1. The zero-order valence-corrected chi connectivity index (χ0v) is 14.7. The third-order valence-corrected chi connectivity index (χ3v) is 4.61. The van der Waals surface area contributed by atoms with Crippen LogP contribution in [-0.4, -0.2) is 17.2 Å². The van der Waals surface area contributed by atoms with Crippen LogP contribution in [0.25, 0.3) is 0 Å². The lowest BCUT2D eigenvalue weighted by atomic mass is 10.1. The van der Waals surface area contributed by atoms with Crippen LogP contribution < -0.4 is 10.3 Å². The highest BCUT2D eigenvalue weighted by atomic mass is 16.3. The van der Waals surface area contributed by atoms with Crippen molar-refractivity contribution in [1.82, 2.24) is 5.43 Å². The molecule has 1 aliphatic heterocycles. The Labute approximate surface area is 157 Å². The maximum Gasteiger partial charge on any atom is 0.271 e. The van der Waals surface area contributed by atoms with Crippen LogP contribution in [0.3, 0.4) is 0 Å². The van der Waals surface area contributed by atoms with E-state index in [0.717, 1.165) is 24.3 Å². The number of phenolic OH excluding ortho intramolecular Hbond substituents is 1. The molecule has 0 radical (unpaired) electrons. The predicted molar refractivity (Wildman–Crippen MR) is 106 cm³/mol. The predicted octanol–water partition coefficient (Wildman–Crippen LogP) is 3.68. The number of hydrazone groups is 1. The summed E-state index contributed by atoms with van der Waals surface area (Å²) in [5.74, 6) is -0.200. The van der Waals surface area contributed by atoms with E-state index in [-0.39, 0.29) is 11.7 Å². The maximum absolute atomic E-state index is 12.0. The second-order valence-corrected chi connectivity index (χ2v) is 6.46. The number of phenols is 1. The van der Waals surface area contributed by atoms with Gasteiger partial charge < -0.3 is 10.0 Å². The molecule has 0 aliphatic carbocycles. The zero-order chi connectivity index (χ0) is 18.6. The number of nitrogens with zero attached hydrogens (tertiary/aromatic N) is 2. The van der Waals surface area contributed by atoms with E-state index in [0.29, 0.717) is 5.56 Å². The molecule has 0 unspecified atom stereocenters. The summed E-state index contributed by atoms with van der Waals surface area (Å²) in [6, 6.07) is 22.6. The number of benzene rings is 3. The molecule has 0 atom stereocenters. The molecule has 0 fully saturated rings. The quantitative estimate of drug-likeness (QED) is 0.553. The summed E-state index contributed by atoms with van der Waals surface area (Å²) in [6.45, 7) is 1.85. The number of fused-ring (bicyclic) bond motifs is 1. The van der Waals surface area contributed by atoms with Gasteiger partial charge in [0.15, 0.2) is 0 Å². The van der Waals surface area contributed by atoms with Crippen molar-refractivity contribution in [2.45, 2.75) is 13.1 Å². The smallest absolute Gasteiger partial charge is 0.271 e. The summed E-state index contributed by atoms with van der Waals surface area (Å²) < 4.78 is 0.